The maximum atomic E-state index is 11.0. The number of nitrogens with zero attached hydrogens (tertiary/aromatic N) is 2. The molecule has 0 fully saturated rings. The second kappa shape index (κ2) is 6.15. The Kier molecular flexibility index (Phi) is 4.30. The fourth-order valence-electron chi connectivity index (χ4n) is 1.97. The van der Waals surface area contributed by atoms with Crippen LogP contribution in [0.15, 0.2) is 36.5 Å². The molecule has 5 nitrogen and oxygen atoms in total. The number of aromatic carboxylic acids is 1. The number of hydrogen-bond acceptors (Lipinski definition) is 3. The van der Waals surface area contributed by atoms with Crippen molar-refractivity contribution in [2.45, 2.75) is 13.0 Å². The van der Waals surface area contributed by atoms with Crippen molar-refractivity contribution in [2.75, 3.05) is 6.54 Å². The normalized spacial score (nSPS) is 10.6. The van der Waals surface area contributed by atoms with Crippen LogP contribution in [0.25, 0.3) is 0 Å². The maximum Gasteiger partial charge on any atom is 0.336 e. The highest BCUT2D eigenvalue weighted by atomic mass is 16.4. The van der Waals surface area contributed by atoms with Gasteiger partial charge in [-0.1, -0.05) is 18.2 Å². The Morgan fingerprint density at radius 2 is 2.16 bits per heavy atom. The molecule has 0 spiro atoms. The van der Waals surface area contributed by atoms with Gasteiger partial charge in [0.05, 0.1) is 5.56 Å². The second-order valence-electron chi connectivity index (χ2n) is 4.34. The Morgan fingerprint density at radius 3 is 2.84 bits per heavy atom. The Labute approximate surface area is 111 Å². The van der Waals surface area contributed by atoms with Gasteiger partial charge in [-0.3, -0.25) is 4.68 Å². The Morgan fingerprint density at radius 1 is 1.37 bits per heavy atom. The van der Waals surface area contributed by atoms with Crippen molar-refractivity contribution >= 4 is 5.97 Å². The zero-order chi connectivity index (χ0) is 13.7. The number of carboxylic acids is 1. The van der Waals surface area contributed by atoms with Gasteiger partial charge in [-0.2, -0.15) is 5.10 Å². The molecule has 0 amide bonds. The van der Waals surface area contributed by atoms with Gasteiger partial charge in [-0.25, -0.2) is 4.79 Å². The molecule has 2 aromatic rings. The molecule has 0 bridgehead atoms. The first-order valence-electron chi connectivity index (χ1n) is 6.17. The fourth-order valence-corrected chi connectivity index (χ4v) is 1.97. The molecule has 0 saturated carbocycles. The SMILES string of the molecule is Cn1nccc1CCNCc1ccccc1C(=O)O. The van der Waals surface area contributed by atoms with E-state index in [0.29, 0.717) is 12.1 Å². The van der Waals surface area contributed by atoms with Crippen molar-refractivity contribution in [3.05, 3.63) is 53.3 Å². The van der Waals surface area contributed by atoms with Crippen LogP contribution in [0.5, 0.6) is 0 Å². The Bertz CT molecular complexity index is 563. The molecule has 0 aliphatic rings. The third kappa shape index (κ3) is 3.42. The summed E-state index contributed by atoms with van der Waals surface area (Å²) in [6.45, 7) is 1.34. The van der Waals surface area contributed by atoms with E-state index in [9.17, 15) is 4.79 Å². The van der Waals surface area contributed by atoms with E-state index in [1.165, 1.54) is 0 Å². The maximum absolute atomic E-state index is 11.0. The lowest BCUT2D eigenvalue weighted by atomic mass is 10.1. The van der Waals surface area contributed by atoms with E-state index in [1.54, 1.807) is 18.3 Å². The average molecular weight is 259 g/mol. The van der Waals surface area contributed by atoms with Crippen LogP contribution in [-0.2, 0) is 20.0 Å². The van der Waals surface area contributed by atoms with E-state index in [2.05, 4.69) is 10.4 Å². The number of aromatic nitrogens is 2. The van der Waals surface area contributed by atoms with Gasteiger partial charge in [0, 0.05) is 38.4 Å². The van der Waals surface area contributed by atoms with Crippen LogP contribution in [-0.4, -0.2) is 27.4 Å². The molecular weight excluding hydrogens is 242 g/mol. The lowest BCUT2D eigenvalue weighted by Gasteiger charge is -2.08. The van der Waals surface area contributed by atoms with E-state index < -0.39 is 5.97 Å². The van der Waals surface area contributed by atoms with Gasteiger partial charge in [0.1, 0.15) is 0 Å². The minimum atomic E-state index is -0.885. The van der Waals surface area contributed by atoms with Gasteiger partial charge in [0.2, 0.25) is 0 Å². The smallest absolute Gasteiger partial charge is 0.336 e. The third-order valence-electron chi connectivity index (χ3n) is 3.04. The van der Waals surface area contributed by atoms with Gasteiger partial charge < -0.3 is 10.4 Å². The first-order chi connectivity index (χ1) is 9.18. The monoisotopic (exact) mass is 259 g/mol. The van der Waals surface area contributed by atoms with Crippen molar-refractivity contribution in [3.63, 3.8) is 0 Å². The molecular formula is C14H17N3O2. The minimum Gasteiger partial charge on any atom is -0.478 e. The highest BCUT2D eigenvalue weighted by Gasteiger charge is 2.08. The molecule has 1 aromatic carbocycles. The zero-order valence-electron chi connectivity index (χ0n) is 10.8. The summed E-state index contributed by atoms with van der Waals surface area (Å²) in [7, 11) is 1.91. The number of hydrogen-bond donors (Lipinski definition) is 2. The molecule has 5 heteroatoms. The largest absolute Gasteiger partial charge is 0.478 e. The second-order valence-corrected chi connectivity index (χ2v) is 4.34. The standard InChI is InChI=1S/C14H17N3O2/c1-17-12(7-9-16-17)6-8-15-10-11-4-2-3-5-13(11)14(18)19/h2-5,7,9,15H,6,8,10H2,1H3,(H,18,19). The molecule has 0 atom stereocenters. The molecule has 100 valence electrons. The van der Waals surface area contributed by atoms with E-state index in [1.807, 2.05) is 29.9 Å². The molecule has 0 radical (unpaired) electrons. The quantitative estimate of drug-likeness (QED) is 0.771. The topological polar surface area (TPSA) is 67.2 Å². The van der Waals surface area contributed by atoms with Crippen LogP contribution in [0.4, 0.5) is 0 Å². The number of carbonyl (C=O) groups is 1. The van der Waals surface area contributed by atoms with Gasteiger partial charge in [0.15, 0.2) is 0 Å². The highest BCUT2D eigenvalue weighted by molar-refractivity contribution is 5.89. The summed E-state index contributed by atoms with van der Waals surface area (Å²) in [6, 6.07) is 9.03. The zero-order valence-corrected chi connectivity index (χ0v) is 10.8. The van der Waals surface area contributed by atoms with Crippen LogP contribution >= 0.6 is 0 Å². The summed E-state index contributed by atoms with van der Waals surface area (Å²) in [5, 5.41) is 16.4. The van der Waals surface area contributed by atoms with Crippen molar-refractivity contribution in [2.24, 2.45) is 7.05 Å². The highest BCUT2D eigenvalue weighted by Crippen LogP contribution is 2.08. The summed E-state index contributed by atoms with van der Waals surface area (Å²) in [5.41, 5.74) is 2.31. The molecule has 1 heterocycles. The summed E-state index contributed by atoms with van der Waals surface area (Å²) in [5.74, 6) is -0.885. The van der Waals surface area contributed by atoms with Gasteiger partial charge in [-0.05, 0) is 17.7 Å². The molecule has 0 unspecified atom stereocenters. The molecule has 0 aliphatic heterocycles. The molecule has 0 saturated heterocycles. The fraction of sp³-hybridized carbons (Fsp3) is 0.286. The summed E-state index contributed by atoms with van der Waals surface area (Å²) in [6.07, 6.45) is 2.64. The van der Waals surface area contributed by atoms with Gasteiger partial charge >= 0.3 is 5.97 Å². The van der Waals surface area contributed by atoms with E-state index in [0.717, 1.165) is 24.2 Å². The van der Waals surface area contributed by atoms with Crippen LogP contribution in [0.1, 0.15) is 21.6 Å². The number of rotatable bonds is 6. The first-order valence-corrected chi connectivity index (χ1v) is 6.17. The number of nitrogens with one attached hydrogen (secondary N) is 1. The van der Waals surface area contributed by atoms with Gasteiger partial charge in [-0.15, -0.1) is 0 Å². The lowest BCUT2D eigenvalue weighted by molar-refractivity contribution is 0.0695. The molecule has 0 aliphatic carbocycles. The predicted octanol–water partition coefficient (Wildman–Crippen LogP) is 1.45. The van der Waals surface area contributed by atoms with Crippen LogP contribution < -0.4 is 5.32 Å². The van der Waals surface area contributed by atoms with E-state index in [4.69, 9.17) is 5.11 Å². The lowest BCUT2D eigenvalue weighted by Crippen LogP contribution is -2.19. The number of carboxylic acid groups (broad SMARTS) is 1. The van der Waals surface area contributed by atoms with E-state index in [-0.39, 0.29) is 0 Å². The van der Waals surface area contributed by atoms with Crippen LogP contribution in [0.2, 0.25) is 0 Å². The number of aryl methyl sites for hydroxylation is 1. The third-order valence-corrected chi connectivity index (χ3v) is 3.04. The summed E-state index contributed by atoms with van der Waals surface area (Å²) in [4.78, 5) is 11.0. The van der Waals surface area contributed by atoms with Crippen molar-refractivity contribution in [1.29, 1.82) is 0 Å². The Hall–Kier alpha value is -2.14. The Balaban J connectivity index is 1.86. The molecule has 19 heavy (non-hydrogen) atoms. The molecule has 1 aromatic heterocycles. The van der Waals surface area contributed by atoms with Crippen molar-refractivity contribution in [1.82, 2.24) is 15.1 Å². The summed E-state index contributed by atoms with van der Waals surface area (Å²) >= 11 is 0. The minimum absolute atomic E-state index is 0.357. The van der Waals surface area contributed by atoms with Gasteiger partial charge in [0.25, 0.3) is 0 Å². The predicted molar refractivity (Wildman–Crippen MR) is 72.0 cm³/mol. The first kappa shape index (κ1) is 13.3. The van der Waals surface area contributed by atoms with E-state index >= 15 is 0 Å². The number of benzene rings is 1. The van der Waals surface area contributed by atoms with Crippen LogP contribution in [0.3, 0.4) is 0 Å². The van der Waals surface area contributed by atoms with Crippen molar-refractivity contribution in [3.8, 4) is 0 Å². The van der Waals surface area contributed by atoms with Crippen molar-refractivity contribution < 1.29 is 9.90 Å². The molecule has 2 rings (SSSR count). The van der Waals surface area contributed by atoms with Crippen LogP contribution in [0, 0.1) is 0 Å². The average Bonchev–Trinajstić information content (AvgIpc) is 2.80. The summed E-state index contributed by atoms with van der Waals surface area (Å²) < 4.78 is 1.84. The molecule has 2 N–H and O–H groups in total.